The van der Waals surface area contributed by atoms with Crippen molar-refractivity contribution < 1.29 is 9.59 Å². The van der Waals surface area contributed by atoms with Gasteiger partial charge in [-0.1, -0.05) is 42.1 Å². The maximum Gasteiger partial charge on any atom is 0.318 e. The van der Waals surface area contributed by atoms with Crippen molar-refractivity contribution in [2.24, 2.45) is 5.73 Å². The molecule has 104 valence electrons. The van der Waals surface area contributed by atoms with Crippen LogP contribution in [0.3, 0.4) is 0 Å². The molecule has 0 spiro atoms. The lowest BCUT2D eigenvalue weighted by Gasteiger charge is -2.07. The number of amides is 3. The van der Waals surface area contributed by atoms with E-state index < -0.39 is 17.2 Å². The Morgan fingerprint density at radius 3 is 2.70 bits per heavy atom. The maximum atomic E-state index is 11.6. The second-order valence-electron chi connectivity index (χ2n) is 4.08. The number of nitrogens with two attached hydrogens (primary N) is 1. The van der Waals surface area contributed by atoms with Crippen LogP contribution >= 0.6 is 11.8 Å². The number of hydrogen-bond donors (Lipinski definition) is 3. The monoisotopic (exact) mass is 290 g/mol. The number of rotatable bonds is 4. The third kappa shape index (κ3) is 3.61. The lowest BCUT2D eigenvalue weighted by Crippen LogP contribution is -2.39. The highest BCUT2D eigenvalue weighted by molar-refractivity contribution is 8.00. The number of carbonyl (C=O) groups is 2. The zero-order valence-corrected chi connectivity index (χ0v) is 11.6. The predicted molar refractivity (Wildman–Crippen MR) is 77.1 cm³/mol. The first-order valence-electron chi connectivity index (χ1n) is 5.93. The van der Waals surface area contributed by atoms with E-state index in [1.54, 1.807) is 13.1 Å². The molecule has 0 radical (unpaired) electrons. The number of nitrogens with one attached hydrogen (secondary N) is 2. The summed E-state index contributed by atoms with van der Waals surface area (Å²) in [5.74, 6) is -0.444. The molecule has 1 aromatic carbocycles. The summed E-state index contributed by atoms with van der Waals surface area (Å²) in [5, 5.41) is 2.17. The molecule has 6 nitrogen and oxygen atoms in total. The van der Waals surface area contributed by atoms with Gasteiger partial charge in [-0.25, -0.2) is 9.78 Å². The fourth-order valence-corrected chi connectivity index (χ4v) is 2.35. The van der Waals surface area contributed by atoms with Gasteiger partial charge in [-0.05, 0) is 12.5 Å². The first kappa shape index (κ1) is 14.1. The minimum absolute atomic E-state index is 0.444. The van der Waals surface area contributed by atoms with Crippen molar-refractivity contribution >= 4 is 23.7 Å². The summed E-state index contributed by atoms with van der Waals surface area (Å²) in [7, 11) is 0. The molecule has 0 saturated heterocycles. The number of hydrogen-bond acceptors (Lipinski definition) is 4. The molecule has 1 atom stereocenters. The number of imide groups is 1. The molecule has 0 aliphatic rings. The van der Waals surface area contributed by atoms with Crippen LogP contribution in [0.2, 0.25) is 0 Å². The second-order valence-corrected chi connectivity index (χ2v) is 5.41. The number of urea groups is 1. The van der Waals surface area contributed by atoms with Gasteiger partial charge in [-0.2, -0.15) is 0 Å². The van der Waals surface area contributed by atoms with E-state index in [-0.39, 0.29) is 0 Å². The van der Waals surface area contributed by atoms with Gasteiger partial charge in [0, 0.05) is 0 Å². The number of carbonyl (C=O) groups excluding carboxylic acids is 2. The third-order valence-electron chi connectivity index (χ3n) is 2.54. The topological polar surface area (TPSA) is 101 Å². The van der Waals surface area contributed by atoms with E-state index >= 15 is 0 Å². The fourth-order valence-electron chi connectivity index (χ4n) is 1.57. The average molecular weight is 290 g/mol. The van der Waals surface area contributed by atoms with Gasteiger partial charge in [-0.3, -0.25) is 10.1 Å². The number of thioether (sulfide) groups is 1. The molecular formula is C13H14N4O2S. The van der Waals surface area contributed by atoms with E-state index in [4.69, 9.17) is 5.73 Å². The summed E-state index contributed by atoms with van der Waals surface area (Å²) >= 11 is 1.22. The summed E-state index contributed by atoms with van der Waals surface area (Å²) in [6.07, 6.45) is 1.70. The number of primary amides is 1. The Kier molecular flexibility index (Phi) is 4.41. The third-order valence-corrected chi connectivity index (χ3v) is 3.54. The van der Waals surface area contributed by atoms with Gasteiger partial charge in [0.15, 0.2) is 5.16 Å². The molecule has 1 heterocycles. The lowest BCUT2D eigenvalue weighted by atomic mass is 10.2. The Hall–Kier alpha value is -2.28. The molecule has 7 heteroatoms. The zero-order valence-electron chi connectivity index (χ0n) is 10.8. The van der Waals surface area contributed by atoms with E-state index in [1.165, 1.54) is 11.8 Å². The van der Waals surface area contributed by atoms with Gasteiger partial charge < -0.3 is 10.7 Å². The molecule has 0 saturated carbocycles. The minimum atomic E-state index is -0.855. The Morgan fingerprint density at radius 1 is 1.35 bits per heavy atom. The highest BCUT2D eigenvalue weighted by atomic mass is 32.2. The maximum absolute atomic E-state index is 11.6. The molecule has 0 unspecified atom stereocenters. The number of imidazole rings is 1. The molecule has 0 fully saturated rings. The predicted octanol–water partition coefficient (Wildman–Crippen LogP) is 1.75. The molecule has 0 aliphatic heterocycles. The Bertz CT molecular complexity index is 612. The number of H-pyrrole nitrogens is 1. The smallest absolute Gasteiger partial charge is 0.318 e. The number of aromatic nitrogens is 2. The number of nitrogens with zero attached hydrogens (tertiary/aromatic N) is 1. The first-order chi connectivity index (χ1) is 9.56. The largest absolute Gasteiger partial charge is 0.351 e. The summed E-state index contributed by atoms with van der Waals surface area (Å²) in [4.78, 5) is 29.5. The molecular weight excluding hydrogens is 276 g/mol. The van der Waals surface area contributed by atoms with Crippen LogP contribution in [0.5, 0.6) is 0 Å². The molecule has 0 bridgehead atoms. The fraction of sp³-hybridized carbons (Fsp3) is 0.154. The van der Waals surface area contributed by atoms with E-state index in [2.05, 4.69) is 9.97 Å². The van der Waals surface area contributed by atoms with Crippen LogP contribution in [0.4, 0.5) is 4.79 Å². The van der Waals surface area contributed by atoms with Gasteiger partial charge in [-0.15, -0.1) is 0 Å². The van der Waals surface area contributed by atoms with Gasteiger partial charge in [0.25, 0.3) is 0 Å². The lowest BCUT2D eigenvalue weighted by molar-refractivity contribution is -0.119. The molecule has 0 aliphatic carbocycles. The summed E-state index contributed by atoms with van der Waals surface area (Å²) in [5.41, 5.74) is 6.79. The van der Waals surface area contributed by atoms with Crippen molar-refractivity contribution in [2.75, 3.05) is 0 Å². The Morgan fingerprint density at radius 2 is 2.05 bits per heavy atom. The number of benzene rings is 1. The van der Waals surface area contributed by atoms with Crippen molar-refractivity contribution in [1.82, 2.24) is 15.3 Å². The minimum Gasteiger partial charge on any atom is -0.351 e. The van der Waals surface area contributed by atoms with Crippen molar-refractivity contribution in [3.05, 3.63) is 36.5 Å². The van der Waals surface area contributed by atoms with E-state index in [1.807, 2.05) is 35.6 Å². The Labute approximate surface area is 120 Å². The van der Waals surface area contributed by atoms with Crippen molar-refractivity contribution in [2.45, 2.75) is 17.3 Å². The molecule has 2 rings (SSSR count). The van der Waals surface area contributed by atoms with E-state index in [0.717, 1.165) is 11.3 Å². The van der Waals surface area contributed by atoms with E-state index in [9.17, 15) is 9.59 Å². The highest BCUT2D eigenvalue weighted by Crippen LogP contribution is 2.24. The normalized spacial score (nSPS) is 11.8. The Balaban J connectivity index is 2.03. The van der Waals surface area contributed by atoms with Crippen LogP contribution in [0, 0.1) is 0 Å². The van der Waals surface area contributed by atoms with Crippen molar-refractivity contribution in [1.29, 1.82) is 0 Å². The summed E-state index contributed by atoms with van der Waals surface area (Å²) in [6, 6.07) is 8.88. The molecule has 2 aromatic rings. The summed E-state index contributed by atoms with van der Waals surface area (Å²) < 4.78 is 0. The van der Waals surface area contributed by atoms with Crippen LogP contribution in [0.15, 0.2) is 41.7 Å². The first-order valence-corrected chi connectivity index (χ1v) is 6.81. The van der Waals surface area contributed by atoms with Crippen LogP contribution in [-0.4, -0.2) is 27.2 Å². The van der Waals surface area contributed by atoms with Gasteiger partial charge in [0.2, 0.25) is 5.91 Å². The summed E-state index contributed by atoms with van der Waals surface area (Å²) in [6.45, 7) is 1.67. The number of aromatic amines is 1. The SMILES string of the molecule is C[C@H](Sc1ncc(-c2ccccc2)[nH]1)C(=O)NC(N)=O. The van der Waals surface area contributed by atoms with Crippen molar-refractivity contribution in [3.63, 3.8) is 0 Å². The second kappa shape index (κ2) is 6.25. The van der Waals surface area contributed by atoms with Gasteiger partial charge in [0.05, 0.1) is 17.1 Å². The van der Waals surface area contributed by atoms with Crippen LogP contribution in [-0.2, 0) is 4.79 Å². The molecule has 1 aromatic heterocycles. The zero-order chi connectivity index (χ0) is 14.5. The molecule has 3 amide bonds. The standard InChI is InChI=1S/C13H14N4O2S/c1-8(11(18)17-12(14)19)20-13-15-7-10(16-13)9-5-3-2-4-6-9/h2-8H,1H3,(H,15,16)(H3,14,17,18,19)/t8-/m0/s1. The molecule has 20 heavy (non-hydrogen) atoms. The van der Waals surface area contributed by atoms with Crippen molar-refractivity contribution in [3.8, 4) is 11.3 Å². The quantitative estimate of drug-likeness (QED) is 0.747. The van der Waals surface area contributed by atoms with Crippen LogP contribution in [0.25, 0.3) is 11.3 Å². The van der Waals surface area contributed by atoms with Crippen LogP contribution < -0.4 is 11.1 Å². The average Bonchev–Trinajstić information content (AvgIpc) is 2.87. The highest BCUT2D eigenvalue weighted by Gasteiger charge is 2.17. The van der Waals surface area contributed by atoms with E-state index in [0.29, 0.717) is 5.16 Å². The molecule has 4 N–H and O–H groups in total. The van der Waals surface area contributed by atoms with Gasteiger partial charge >= 0.3 is 6.03 Å². The van der Waals surface area contributed by atoms with Crippen LogP contribution in [0.1, 0.15) is 6.92 Å². The van der Waals surface area contributed by atoms with Gasteiger partial charge in [0.1, 0.15) is 0 Å².